The lowest BCUT2D eigenvalue weighted by Gasteiger charge is -2.33. The summed E-state index contributed by atoms with van der Waals surface area (Å²) in [5, 5.41) is 3.75. The minimum atomic E-state index is -3.85. The molecule has 186 valence electrons. The van der Waals surface area contributed by atoms with Crippen molar-refractivity contribution in [2.75, 3.05) is 23.7 Å². The summed E-state index contributed by atoms with van der Waals surface area (Å²) in [5.74, 6) is -0.878. The Morgan fingerprint density at radius 3 is 2.26 bits per heavy atom. The molecule has 34 heavy (non-hydrogen) atoms. The van der Waals surface area contributed by atoms with Gasteiger partial charge in [0, 0.05) is 18.1 Å². The second kappa shape index (κ2) is 12.1. The average Bonchev–Trinajstić information content (AvgIpc) is 2.75. The van der Waals surface area contributed by atoms with E-state index in [0.29, 0.717) is 44.8 Å². The molecular weight excluding hydrogens is 521 g/mol. The zero-order valence-electron chi connectivity index (χ0n) is 19.4. The maximum Gasteiger partial charge on any atom is 0.244 e. The normalized spacial score (nSPS) is 12.2. The van der Waals surface area contributed by atoms with Gasteiger partial charge in [-0.25, -0.2) is 8.42 Å². The van der Waals surface area contributed by atoms with E-state index in [2.05, 4.69) is 5.32 Å². The second-order valence-corrected chi connectivity index (χ2v) is 10.9. The van der Waals surface area contributed by atoms with E-state index in [1.807, 2.05) is 0 Å². The molecule has 0 heterocycles. The van der Waals surface area contributed by atoms with Crippen LogP contribution in [-0.4, -0.2) is 50.5 Å². The zero-order chi connectivity index (χ0) is 25.6. The molecule has 2 amide bonds. The Morgan fingerprint density at radius 2 is 1.71 bits per heavy atom. The fourth-order valence-electron chi connectivity index (χ4n) is 3.49. The van der Waals surface area contributed by atoms with Gasteiger partial charge in [0.15, 0.2) is 0 Å². The smallest absolute Gasteiger partial charge is 0.244 e. The van der Waals surface area contributed by atoms with Crippen LogP contribution >= 0.6 is 34.8 Å². The number of hydrogen-bond donors (Lipinski definition) is 1. The van der Waals surface area contributed by atoms with Gasteiger partial charge in [0.25, 0.3) is 0 Å². The lowest BCUT2D eigenvalue weighted by molar-refractivity contribution is -0.140. The molecule has 0 aliphatic carbocycles. The Hall–Kier alpha value is -2.00. The summed E-state index contributed by atoms with van der Waals surface area (Å²) in [5.41, 5.74) is 1.58. The molecule has 2 aromatic rings. The highest BCUT2D eigenvalue weighted by molar-refractivity contribution is 7.92. The van der Waals surface area contributed by atoms with Gasteiger partial charge in [-0.3, -0.25) is 13.9 Å². The van der Waals surface area contributed by atoms with Gasteiger partial charge >= 0.3 is 0 Å². The third-order valence-corrected chi connectivity index (χ3v) is 7.29. The monoisotopic (exact) mass is 547 g/mol. The summed E-state index contributed by atoms with van der Waals surface area (Å²) in [6, 6.07) is 8.92. The van der Waals surface area contributed by atoms with Gasteiger partial charge in [0.2, 0.25) is 21.8 Å². The van der Waals surface area contributed by atoms with Crippen molar-refractivity contribution in [3.8, 4) is 0 Å². The topological polar surface area (TPSA) is 86.8 Å². The molecule has 7 nitrogen and oxygen atoms in total. The number of amides is 2. The predicted octanol–water partition coefficient (Wildman–Crippen LogP) is 4.66. The summed E-state index contributed by atoms with van der Waals surface area (Å²) in [6.07, 6.45) is 1.35. The fourth-order valence-corrected chi connectivity index (χ4v) is 4.88. The highest BCUT2D eigenvalue weighted by atomic mass is 35.5. The second-order valence-electron chi connectivity index (χ2n) is 7.79. The van der Waals surface area contributed by atoms with E-state index in [4.69, 9.17) is 34.8 Å². The van der Waals surface area contributed by atoms with Gasteiger partial charge in [-0.1, -0.05) is 53.9 Å². The number of hydrogen-bond acceptors (Lipinski definition) is 4. The van der Waals surface area contributed by atoms with Crippen molar-refractivity contribution in [2.24, 2.45) is 0 Å². The average molecular weight is 549 g/mol. The fraction of sp³-hybridized carbons (Fsp3) is 0.391. The third kappa shape index (κ3) is 7.25. The molecule has 0 spiro atoms. The van der Waals surface area contributed by atoms with Crippen LogP contribution in [0.15, 0.2) is 36.4 Å². The van der Waals surface area contributed by atoms with E-state index in [1.165, 1.54) is 11.0 Å². The molecule has 0 bridgehead atoms. The van der Waals surface area contributed by atoms with Crippen LogP contribution in [0.4, 0.5) is 5.69 Å². The summed E-state index contributed by atoms with van der Waals surface area (Å²) in [6.45, 7) is 5.22. The Labute approximate surface area is 216 Å². The maximum absolute atomic E-state index is 13.6. The van der Waals surface area contributed by atoms with E-state index in [-0.39, 0.29) is 12.5 Å². The molecule has 1 N–H and O–H groups in total. The number of carbonyl (C=O) groups excluding carboxylic acids is 2. The number of sulfonamides is 1. The van der Waals surface area contributed by atoms with Crippen molar-refractivity contribution < 1.29 is 18.0 Å². The number of benzene rings is 2. The first-order chi connectivity index (χ1) is 15.9. The van der Waals surface area contributed by atoms with Crippen LogP contribution in [-0.2, 0) is 26.2 Å². The molecular formula is C23H28Cl3N3O4S. The number of carbonyl (C=O) groups is 2. The summed E-state index contributed by atoms with van der Waals surface area (Å²) >= 11 is 18.3. The quantitative estimate of drug-likeness (QED) is 0.468. The van der Waals surface area contributed by atoms with Crippen molar-refractivity contribution in [3.63, 3.8) is 0 Å². The molecule has 0 aromatic heterocycles. The molecule has 1 atom stereocenters. The molecule has 2 rings (SSSR count). The Bertz CT molecular complexity index is 1160. The maximum atomic E-state index is 13.6. The predicted molar refractivity (Wildman–Crippen MR) is 138 cm³/mol. The van der Waals surface area contributed by atoms with Crippen LogP contribution in [0, 0.1) is 6.92 Å². The number of rotatable bonds is 10. The van der Waals surface area contributed by atoms with E-state index in [9.17, 15) is 18.0 Å². The summed E-state index contributed by atoms with van der Waals surface area (Å²) in [7, 11) is -3.85. The first kappa shape index (κ1) is 28.2. The summed E-state index contributed by atoms with van der Waals surface area (Å²) < 4.78 is 26.3. The van der Waals surface area contributed by atoms with Crippen molar-refractivity contribution in [2.45, 2.75) is 39.8 Å². The molecule has 0 unspecified atom stereocenters. The van der Waals surface area contributed by atoms with E-state index in [1.54, 1.807) is 51.1 Å². The highest BCUT2D eigenvalue weighted by Crippen LogP contribution is 2.28. The zero-order valence-corrected chi connectivity index (χ0v) is 22.5. The van der Waals surface area contributed by atoms with Crippen LogP contribution in [0.2, 0.25) is 15.1 Å². The highest BCUT2D eigenvalue weighted by Gasteiger charge is 2.32. The number of anilines is 1. The Kier molecular flexibility index (Phi) is 10.1. The first-order valence-electron chi connectivity index (χ1n) is 10.6. The van der Waals surface area contributed by atoms with Crippen molar-refractivity contribution in [3.05, 3.63) is 62.6 Å². The number of halogens is 3. The van der Waals surface area contributed by atoms with Crippen LogP contribution in [0.5, 0.6) is 0 Å². The molecule has 0 saturated carbocycles. The molecule has 0 aliphatic rings. The van der Waals surface area contributed by atoms with Gasteiger partial charge in [-0.15, -0.1) is 0 Å². The van der Waals surface area contributed by atoms with Crippen LogP contribution in [0.3, 0.4) is 0 Å². The van der Waals surface area contributed by atoms with E-state index < -0.39 is 28.5 Å². The standard InChI is InChI=1S/C23H28Cl3N3O4S/c1-5-20(23(31)27-6-2)28(13-16-8-10-18(25)19(26)11-16)22(30)14-29(34(4,32)33)21-12-17(24)9-7-15(21)3/h7-12,20H,5-6,13-14H2,1-4H3,(H,27,31)/t20-/m1/s1. The van der Waals surface area contributed by atoms with Gasteiger partial charge in [0.05, 0.1) is 22.0 Å². The van der Waals surface area contributed by atoms with Crippen molar-refractivity contribution in [1.29, 1.82) is 0 Å². The lowest BCUT2D eigenvalue weighted by atomic mass is 10.1. The lowest BCUT2D eigenvalue weighted by Crippen LogP contribution is -2.52. The number of likely N-dealkylation sites (N-methyl/N-ethyl adjacent to an activating group) is 1. The number of nitrogens with one attached hydrogen (secondary N) is 1. The largest absolute Gasteiger partial charge is 0.355 e. The van der Waals surface area contributed by atoms with Gasteiger partial charge in [0.1, 0.15) is 12.6 Å². The van der Waals surface area contributed by atoms with Crippen molar-refractivity contribution >= 4 is 62.3 Å². The number of nitrogens with zero attached hydrogens (tertiary/aromatic N) is 2. The minimum absolute atomic E-state index is 0.0392. The van der Waals surface area contributed by atoms with Gasteiger partial charge < -0.3 is 10.2 Å². The molecule has 0 aliphatic heterocycles. The third-order valence-electron chi connectivity index (χ3n) is 5.19. The molecule has 0 radical (unpaired) electrons. The SMILES string of the molecule is CCNC(=O)[C@@H](CC)N(Cc1ccc(Cl)c(Cl)c1)C(=O)CN(c1cc(Cl)ccc1C)S(C)(=O)=O. The first-order valence-corrected chi connectivity index (χ1v) is 13.6. The number of aryl methyl sites for hydroxylation is 1. The van der Waals surface area contributed by atoms with Gasteiger partial charge in [-0.05, 0) is 55.7 Å². The Morgan fingerprint density at radius 1 is 1.03 bits per heavy atom. The van der Waals surface area contributed by atoms with Crippen LogP contribution < -0.4 is 9.62 Å². The van der Waals surface area contributed by atoms with Crippen LogP contribution in [0.1, 0.15) is 31.4 Å². The van der Waals surface area contributed by atoms with Gasteiger partial charge in [-0.2, -0.15) is 0 Å². The molecule has 0 fully saturated rings. The Balaban J connectivity index is 2.50. The molecule has 0 saturated heterocycles. The van der Waals surface area contributed by atoms with E-state index >= 15 is 0 Å². The van der Waals surface area contributed by atoms with E-state index in [0.717, 1.165) is 10.6 Å². The van der Waals surface area contributed by atoms with Crippen LogP contribution in [0.25, 0.3) is 0 Å². The van der Waals surface area contributed by atoms with Crippen molar-refractivity contribution in [1.82, 2.24) is 10.2 Å². The summed E-state index contributed by atoms with van der Waals surface area (Å²) in [4.78, 5) is 27.7. The molecule has 11 heteroatoms. The minimum Gasteiger partial charge on any atom is -0.355 e. The molecule has 2 aromatic carbocycles.